The molecule has 0 bridgehead atoms. The normalized spacial score (nSPS) is 11.8. The molecule has 0 aromatic heterocycles. The fourth-order valence-electron chi connectivity index (χ4n) is 0.890. The molecule has 0 aliphatic heterocycles. The first-order chi connectivity index (χ1) is 5.26. The Morgan fingerprint density at radius 2 is 2.18 bits per heavy atom. The lowest BCUT2D eigenvalue weighted by Gasteiger charge is -2.17. The number of thiol groups is 1. The number of rotatable bonds is 4. The van der Waals surface area contributed by atoms with E-state index in [1.165, 1.54) is 12.8 Å². The molecular weight excluding hydrogens is 156 g/mol. The maximum Gasteiger partial charge on any atom is 0.0989 e. The van der Waals surface area contributed by atoms with Crippen molar-refractivity contribution in [3.63, 3.8) is 0 Å². The molecule has 0 saturated carbocycles. The summed E-state index contributed by atoms with van der Waals surface area (Å²) >= 11 is 4.18. The van der Waals surface area contributed by atoms with Gasteiger partial charge in [0.1, 0.15) is 0 Å². The summed E-state index contributed by atoms with van der Waals surface area (Å²) in [5.41, 5.74) is 0. The molecule has 2 nitrogen and oxygen atoms in total. The molecule has 0 saturated heterocycles. The lowest BCUT2D eigenvalue weighted by molar-refractivity contribution is 0.575. The molecule has 0 spiro atoms. The van der Waals surface area contributed by atoms with Gasteiger partial charge in [-0.1, -0.05) is 13.3 Å². The molecule has 0 aliphatic carbocycles. The van der Waals surface area contributed by atoms with E-state index < -0.39 is 0 Å². The van der Waals surface area contributed by atoms with E-state index >= 15 is 0 Å². The van der Waals surface area contributed by atoms with Crippen molar-refractivity contribution in [3.8, 4) is 0 Å². The van der Waals surface area contributed by atoms with Gasteiger partial charge in [0.15, 0.2) is 0 Å². The molecular formula is C8H18N2S. The molecule has 0 radical (unpaired) electrons. The van der Waals surface area contributed by atoms with Gasteiger partial charge in [-0.3, -0.25) is 4.99 Å². The smallest absolute Gasteiger partial charge is 0.0989 e. The summed E-state index contributed by atoms with van der Waals surface area (Å²) in [4.78, 5) is 6.26. The minimum absolute atomic E-state index is 0.746. The first-order valence-electron chi connectivity index (χ1n) is 4.03. The highest BCUT2D eigenvalue weighted by molar-refractivity contribution is 7.80. The van der Waals surface area contributed by atoms with Gasteiger partial charge in [-0.2, -0.15) is 12.6 Å². The Hall–Kier alpha value is -0.180. The van der Waals surface area contributed by atoms with Crippen LogP contribution in [0.15, 0.2) is 4.99 Å². The summed E-state index contributed by atoms with van der Waals surface area (Å²) in [6.07, 6.45) is 3.51. The first kappa shape index (κ1) is 10.8. The van der Waals surface area contributed by atoms with Crippen molar-refractivity contribution in [3.05, 3.63) is 0 Å². The van der Waals surface area contributed by atoms with E-state index in [-0.39, 0.29) is 0 Å². The predicted molar refractivity (Wildman–Crippen MR) is 54.5 cm³/mol. The first-order valence-corrected chi connectivity index (χ1v) is 4.67. The van der Waals surface area contributed by atoms with E-state index in [1.807, 2.05) is 14.1 Å². The van der Waals surface area contributed by atoms with Crippen molar-refractivity contribution < 1.29 is 0 Å². The lowest BCUT2D eigenvalue weighted by Crippen LogP contribution is -2.25. The molecule has 0 N–H and O–H groups in total. The highest BCUT2D eigenvalue weighted by atomic mass is 32.1. The Balaban J connectivity index is 3.77. The topological polar surface area (TPSA) is 15.6 Å². The van der Waals surface area contributed by atoms with E-state index in [0.717, 1.165) is 18.1 Å². The van der Waals surface area contributed by atoms with Crippen LogP contribution in [-0.2, 0) is 0 Å². The number of unbranched alkanes of at least 4 members (excludes halogenated alkanes) is 1. The molecule has 0 fully saturated rings. The third-order valence-electron chi connectivity index (χ3n) is 1.66. The third kappa shape index (κ3) is 4.30. The van der Waals surface area contributed by atoms with Crippen LogP contribution in [0.5, 0.6) is 0 Å². The second kappa shape index (κ2) is 6.53. The summed E-state index contributed by atoms with van der Waals surface area (Å²) in [5.74, 6) is 1.90. The maximum absolute atomic E-state index is 4.19. The minimum Gasteiger partial charge on any atom is -0.354 e. The van der Waals surface area contributed by atoms with Crippen LogP contribution < -0.4 is 0 Å². The summed E-state index contributed by atoms with van der Waals surface area (Å²) in [6, 6.07) is 0. The van der Waals surface area contributed by atoms with Crippen LogP contribution >= 0.6 is 12.6 Å². The highest BCUT2D eigenvalue weighted by Crippen LogP contribution is 2.01. The van der Waals surface area contributed by atoms with Gasteiger partial charge in [-0.15, -0.1) is 0 Å². The van der Waals surface area contributed by atoms with E-state index in [4.69, 9.17) is 0 Å². The molecule has 0 unspecified atom stereocenters. The van der Waals surface area contributed by atoms with Gasteiger partial charge < -0.3 is 4.90 Å². The van der Waals surface area contributed by atoms with Crippen LogP contribution in [-0.4, -0.2) is 30.7 Å². The lowest BCUT2D eigenvalue weighted by atomic mass is 10.2. The van der Waals surface area contributed by atoms with Crippen molar-refractivity contribution >= 4 is 18.5 Å². The zero-order valence-electron chi connectivity index (χ0n) is 7.67. The average Bonchev–Trinajstić information content (AvgIpc) is 2.05. The monoisotopic (exact) mass is 174 g/mol. The Morgan fingerprint density at radius 1 is 1.55 bits per heavy atom. The average molecular weight is 174 g/mol. The van der Waals surface area contributed by atoms with Crippen molar-refractivity contribution in [2.75, 3.05) is 20.0 Å². The number of hydrogen-bond donors (Lipinski definition) is 1. The highest BCUT2D eigenvalue weighted by Gasteiger charge is 2.01. The Bertz CT molecular complexity index is 123. The molecule has 3 heteroatoms. The zero-order valence-corrected chi connectivity index (χ0v) is 8.56. The zero-order chi connectivity index (χ0) is 8.69. The summed E-state index contributed by atoms with van der Waals surface area (Å²) < 4.78 is 0. The summed E-state index contributed by atoms with van der Waals surface area (Å²) in [6.45, 7) is 2.19. The van der Waals surface area contributed by atoms with Gasteiger partial charge in [-0.25, -0.2) is 0 Å². The molecule has 0 amide bonds. The van der Waals surface area contributed by atoms with Crippen LogP contribution in [0.2, 0.25) is 0 Å². The van der Waals surface area contributed by atoms with E-state index in [2.05, 4.69) is 29.4 Å². The number of nitrogens with zero attached hydrogens (tertiary/aromatic N) is 2. The Labute approximate surface area is 75.1 Å². The third-order valence-corrected chi connectivity index (χ3v) is 2.09. The second-order valence-electron chi connectivity index (χ2n) is 2.58. The molecule has 0 heterocycles. The van der Waals surface area contributed by atoms with Crippen LogP contribution in [0.1, 0.15) is 26.2 Å². The van der Waals surface area contributed by atoms with Crippen LogP contribution in [0.25, 0.3) is 0 Å². The standard InChI is InChI=1S/C8H18N2S/c1-4-5-6-8(9-2)10(3)7-11/h11H,4-7H2,1-3H3. The fourth-order valence-corrected chi connectivity index (χ4v) is 1.05. The van der Waals surface area contributed by atoms with E-state index in [0.29, 0.717) is 0 Å². The van der Waals surface area contributed by atoms with Crippen molar-refractivity contribution in [2.45, 2.75) is 26.2 Å². The largest absolute Gasteiger partial charge is 0.354 e. The van der Waals surface area contributed by atoms with E-state index in [1.54, 1.807) is 0 Å². The van der Waals surface area contributed by atoms with Crippen LogP contribution in [0, 0.1) is 0 Å². The van der Waals surface area contributed by atoms with Crippen molar-refractivity contribution in [1.29, 1.82) is 0 Å². The SMILES string of the molecule is CCCCC(=NC)N(C)CS. The van der Waals surface area contributed by atoms with Gasteiger partial charge in [-0.05, 0) is 6.42 Å². The molecule has 11 heavy (non-hydrogen) atoms. The Kier molecular flexibility index (Phi) is 6.42. The Morgan fingerprint density at radius 3 is 2.55 bits per heavy atom. The minimum atomic E-state index is 0.746. The van der Waals surface area contributed by atoms with Crippen molar-refractivity contribution in [2.24, 2.45) is 4.99 Å². The summed E-state index contributed by atoms with van der Waals surface area (Å²) in [5, 5.41) is 0. The number of aliphatic imine (C=N–C) groups is 1. The molecule has 0 aliphatic rings. The number of amidine groups is 1. The molecule has 0 rings (SSSR count). The number of hydrogen-bond acceptors (Lipinski definition) is 2. The fraction of sp³-hybridized carbons (Fsp3) is 0.875. The van der Waals surface area contributed by atoms with Crippen molar-refractivity contribution in [1.82, 2.24) is 4.90 Å². The quantitative estimate of drug-likeness (QED) is 0.298. The van der Waals surface area contributed by atoms with Crippen LogP contribution in [0.4, 0.5) is 0 Å². The summed E-state index contributed by atoms with van der Waals surface area (Å²) in [7, 11) is 3.86. The predicted octanol–water partition coefficient (Wildman–Crippen LogP) is 2.02. The van der Waals surface area contributed by atoms with E-state index in [9.17, 15) is 0 Å². The van der Waals surface area contributed by atoms with Crippen LogP contribution in [0.3, 0.4) is 0 Å². The molecule has 0 atom stereocenters. The van der Waals surface area contributed by atoms with Gasteiger partial charge >= 0.3 is 0 Å². The maximum atomic E-state index is 4.19. The van der Waals surface area contributed by atoms with Gasteiger partial charge in [0.25, 0.3) is 0 Å². The second-order valence-corrected chi connectivity index (χ2v) is 2.87. The van der Waals surface area contributed by atoms with Gasteiger partial charge in [0, 0.05) is 20.5 Å². The van der Waals surface area contributed by atoms with Gasteiger partial charge in [0.05, 0.1) is 11.7 Å². The van der Waals surface area contributed by atoms with Gasteiger partial charge in [0.2, 0.25) is 0 Å². The molecule has 0 aromatic carbocycles. The molecule has 0 aromatic rings. The molecule has 66 valence electrons.